The molecule has 1 aliphatic carbocycles. The Labute approximate surface area is 239 Å². The third-order valence-corrected chi connectivity index (χ3v) is 8.15. The molecule has 0 unspecified atom stereocenters. The molecule has 0 radical (unpaired) electrons. The van der Waals surface area contributed by atoms with Gasteiger partial charge >= 0.3 is 6.18 Å². The van der Waals surface area contributed by atoms with Crippen molar-refractivity contribution in [3.8, 4) is 5.75 Å². The number of carbonyl (C=O) groups excluding carboxylic acids is 2. The number of anilines is 1. The number of hydrogen-bond donors (Lipinski definition) is 2. The van der Waals surface area contributed by atoms with E-state index in [9.17, 15) is 27.9 Å². The van der Waals surface area contributed by atoms with Crippen LogP contribution in [0.3, 0.4) is 0 Å². The highest BCUT2D eigenvalue weighted by molar-refractivity contribution is 6.02. The molecule has 0 spiro atoms. The molecule has 1 heterocycles. The Hall–Kier alpha value is -3.11. The highest BCUT2D eigenvalue weighted by atomic mass is 19.4. The van der Waals surface area contributed by atoms with E-state index in [0.717, 1.165) is 49.8 Å². The van der Waals surface area contributed by atoms with Crippen LogP contribution in [-0.2, 0) is 17.5 Å². The molecule has 10 heteroatoms. The number of hydrogen-bond acceptors (Lipinski definition) is 5. The lowest BCUT2D eigenvalue weighted by Gasteiger charge is -2.38. The minimum atomic E-state index is -4.39. The lowest BCUT2D eigenvalue weighted by molar-refractivity contribution is -0.137. The largest absolute Gasteiger partial charge is 0.486 e. The highest BCUT2D eigenvalue weighted by Crippen LogP contribution is 2.36. The molecule has 4 rings (SSSR count). The van der Waals surface area contributed by atoms with Crippen LogP contribution in [-0.4, -0.2) is 65.6 Å². The molecule has 2 aromatic rings. The standard InChI is InChI=1S/C31H40F3N3O4/c1-20-16-37(21(2)19-38)30(40)25-10-7-11-26(35-29(39)23-8-5-4-6-9-23)28(25)41-27(20)18-36(3)17-22-12-14-24(15-13-22)31(32,33)34/h7,10-15,20-21,23,27,38H,4-6,8-9,16-19H2,1-3H3,(H,35,39)/t20-,21-,27+/m1/s1. The van der Waals surface area contributed by atoms with E-state index in [1.54, 1.807) is 30.0 Å². The quantitative estimate of drug-likeness (QED) is 0.430. The summed E-state index contributed by atoms with van der Waals surface area (Å²) in [6.07, 6.45) is 0.00719. The molecule has 2 amide bonds. The van der Waals surface area contributed by atoms with Gasteiger partial charge in [0.2, 0.25) is 5.91 Å². The first-order valence-electron chi connectivity index (χ1n) is 14.3. The smallest absolute Gasteiger partial charge is 0.416 e. The number of rotatable bonds is 8. The van der Waals surface area contributed by atoms with Crippen LogP contribution < -0.4 is 10.1 Å². The van der Waals surface area contributed by atoms with E-state index in [1.165, 1.54) is 12.1 Å². The number of nitrogens with one attached hydrogen (secondary N) is 1. The number of aliphatic hydroxyl groups excluding tert-OH is 1. The maximum absolute atomic E-state index is 13.7. The first kappa shape index (κ1) is 30.8. The van der Waals surface area contributed by atoms with Crippen LogP contribution in [0.25, 0.3) is 0 Å². The van der Waals surface area contributed by atoms with Gasteiger partial charge in [0.1, 0.15) is 6.10 Å². The predicted octanol–water partition coefficient (Wildman–Crippen LogP) is 5.58. The predicted molar refractivity (Wildman–Crippen MR) is 151 cm³/mol. The van der Waals surface area contributed by atoms with Crippen molar-refractivity contribution in [1.29, 1.82) is 0 Å². The second kappa shape index (κ2) is 13.2. The summed E-state index contributed by atoms with van der Waals surface area (Å²) in [5.41, 5.74) is 0.787. The summed E-state index contributed by atoms with van der Waals surface area (Å²) in [5.74, 6) is -0.298. The molecular formula is C31H40F3N3O4. The first-order chi connectivity index (χ1) is 19.5. The van der Waals surface area contributed by atoms with Gasteiger partial charge in [0.15, 0.2) is 5.75 Å². The van der Waals surface area contributed by atoms with Gasteiger partial charge in [0.25, 0.3) is 5.91 Å². The van der Waals surface area contributed by atoms with E-state index in [0.29, 0.717) is 36.6 Å². The summed E-state index contributed by atoms with van der Waals surface area (Å²) < 4.78 is 45.5. The molecule has 7 nitrogen and oxygen atoms in total. The second-order valence-electron chi connectivity index (χ2n) is 11.5. The molecule has 1 saturated carbocycles. The Morgan fingerprint density at radius 3 is 2.46 bits per heavy atom. The summed E-state index contributed by atoms with van der Waals surface area (Å²) in [6, 6.07) is 9.80. The summed E-state index contributed by atoms with van der Waals surface area (Å²) in [5, 5.41) is 12.9. The van der Waals surface area contributed by atoms with Crippen molar-refractivity contribution in [1.82, 2.24) is 9.80 Å². The average Bonchev–Trinajstić information content (AvgIpc) is 2.95. The molecule has 0 saturated heterocycles. The molecular weight excluding hydrogens is 535 g/mol. The van der Waals surface area contributed by atoms with Crippen LogP contribution >= 0.6 is 0 Å². The van der Waals surface area contributed by atoms with Gasteiger partial charge < -0.3 is 20.1 Å². The van der Waals surface area contributed by atoms with Gasteiger partial charge in [0, 0.05) is 31.5 Å². The van der Waals surface area contributed by atoms with E-state index in [2.05, 4.69) is 5.32 Å². The molecule has 2 aliphatic rings. The van der Waals surface area contributed by atoms with Crippen LogP contribution in [0.1, 0.15) is 67.4 Å². The van der Waals surface area contributed by atoms with E-state index in [1.807, 2.05) is 18.9 Å². The highest BCUT2D eigenvalue weighted by Gasteiger charge is 2.35. The molecule has 1 aliphatic heterocycles. The average molecular weight is 576 g/mol. The van der Waals surface area contributed by atoms with Crippen LogP contribution in [0.5, 0.6) is 5.75 Å². The number of para-hydroxylation sites is 1. The van der Waals surface area contributed by atoms with E-state index in [-0.39, 0.29) is 30.3 Å². The lowest BCUT2D eigenvalue weighted by Crippen LogP contribution is -2.49. The Balaban J connectivity index is 1.60. The van der Waals surface area contributed by atoms with E-state index < -0.39 is 23.9 Å². The van der Waals surface area contributed by atoms with Crippen molar-refractivity contribution in [3.63, 3.8) is 0 Å². The monoisotopic (exact) mass is 575 g/mol. The second-order valence-corrected chi connectivity index (χ2v) is 11.5. The van der Waals surface area contributed by atoms with Gasteiger partial charge in [-0.2, -0.15) is 13.2 Å². The van der Waals surface area contributed by atoms with Gasteiger partial charge in [-0.1, -0.05) is 44.4 Å². The summed E-state index contributed by atoms with van der Waals surface area (Å²) in [7, 11) is 1.86. The molecule has 0 bridgehead atoms. The maximum Gasteiger partial charge on any atom is 0.416 e. The Bertz CT molecular complexity index is 1200. The molecule has 3 atom stereocenters. The molecule has 1 fully saturated rings. The number of alkyl halides is 3. The third-order valence-electron chi connectivity index (χ3n) is 8.15. The zero-order chi connectivity index (χ0) is 29.7. The number of benzene rings is 2. The van der Waals surface area contributed by atoms with Gasteiger partial charge in [-0.25, -0.2) is 0 Å². The summed E-state index contributed by atoms with van der Waals surface area (Å²) >= 11 is 0. The lowest BCUT2D eigenvalue weighted by atomic mass is 9.88. The fourth-order valence-corrected chi connectivity index (χ4v) is 5.64. The number of aliphatic hydroxyl groups is 1. The minimum absolute atomic E-state index is 0.0826. The van der Waals surface area contributed by atoms with Crippen molar-refractivity contribution in [2.75, 3.05) is 32.1 Å². The Morgan fingerprint density at radius 1 is 1.15 bits per heavy atom. The van der Waals surface area contributed by atoms with Gasteiger partial charge in [0.05, 0.1) is 29.5 Å². The fraction of sp³-hybridized carbons (Fsp3) is 0.548. The van der Waals surface area contributed by atoms with Crippen molar-refractivity contribution in [2.45, 2.75) is 70.8 Å². The van der Waals surface area contributed by atoms with Crippen LogP contribution in [0.4, 0.5) is 18.9 Å². The fourth-order valence-electron chi connectivity index (χ4n) is 5.64. The molecule has 224 valence electrons. The van der Waals surface area contributed by atoms with Crippen molar-refractivity contribution >= 4 is 17.5 Å². The number of halogens is 3. The molecule has 2 N–H and O–H groups in total. The van der Waals surface area contributed by atoms with Crippen LogP contribution in [0.15, 0.2) is 42.5 Å². The Kier molecular flexibility index (Phi) is 9.96. The number of ether oxygens (including phenoxy) is 1. The SMILES string of the molecule is C[C@@H]1CN([C@H](C)CO)C(=O)c2cccc(NC(=O)C3CCCCC3)c2O[C@H]1CN(C)Cc1ccc(C(F)(F)F)cc1. The van der Waals surface area contributed by atoms with Gasteiger partial charge in [-0.05, 0) is 56.6 Å². The number of fused-ring (bicyclic) bond motifs is 1. The number of amides is 2. The zero-order valence-electron chi connectivity index (χ0n) is 23.9. The zero-order valence-corrected chi connectivity index (χ0v) is 23.9. The molecule has 2 aromatic carbocycles. The molecule has 41 heavy (non-hydrogen) atoms. The van der Waals surface area contributed by atoms with Gasteiger partial charge in [-0.15, -0.1) is 0 Å². The molecule has 0 aromatic heterocycles. The maximum atomic E-state index is 13.7. The summed E-state index contributed by atoms with van der Waals surface area (Å²) in [4.78, 5) is 30.4. The summed E-state index contributed by atoms with van der Waals surface area (Å²) in [6.45, 7) is 4.71. The number of carbonyl (C=O) groups is 2. The van der Waals surface area contributed by atoms with Crippen LogP contribution in [0.2, 0.25) is 0 Å². The van der Waals surface area contributed by atoms with Crippen molar-refractivity contribution < 1.29 is 32.6 Å². The number of likely N-dealkylation sites (N-methyl/N-ethyl adjacent to an activating group) is 1. The minimum Gasteiger partial charge on any atom is -0.486 e. The van der Waals surface area contributed by atoms with Gasteiger partial charge in [-0.3, -0.25) is 14.5 Å². The van der Waals surface area contributed by atoms with Crippen molar-refractivity contribution in [2.24, 2.45) is 11.8 Å². The van der Waals surface area contributed by atoms with Crippen LogP contribution in [0, 0.1) is 11.8 Å². The first-order valence-corrected chi connectivity index (χ1v) is 14.3. The van der Waals surface area contributed by atoms with E-state index >= 15 is 0 Å². The van der Waals surface area contributed by atoms with Crippen molar-refractivity contribution in [3.05, 3.63) is 59.2 Å². The normalized spacial score (nSPS) is 21.1. The van der Waals surface area contributed by atoms with E-state index in [4.69, 9.17) is 4.74 Å². The number of nitrogens with zero attached hydrogens (tertiary/aromatic N) is 2. The topological polar surface area (TPSA) is 82.1 Å². The Morgan fingerprint density at radius 2 is 1.83 bits per heavy atom. The third kappa shape index (κ3) is 7.60.